The summed E-state index contributed by atoms with van der Waals surface area (Å²) in [5, 5.41) is 0. The lowest BCUT2D eigenvalue weighted by Gasteiger charge is -2.51. The number of aryl methyl sites for hydroxylation is 3. The number of rotatable bonds is 5. The van der Waals surface area contributed by atoms with Gasteiger partial charge in [-0.15, -0.1) is 0 Å². The fourth-order valence-corrected chi connectivity index (χ4v) is 7.35. The number of hydrogen-bond acceptors (Lipinski definition) is 4. The molecule has 6 heteroatoms. The molecule has 5 nitrogen and oxygen atoms in total. The monoisotopic (exact) mass is 523 g/mol. The van der Waals surface area contributed by atoms with Gasteiger partial charge in [0.2, 0.25) is 10.0 Å². The molecule has 2 aliphatic heterocycles. The van der Waals surface area contributed by atoms with Gasteiger partial charge in [-0.3, -0.25) is 0 Å². The Hall–Kier alpha value is -3.61. The second kappa shape index (κ2) is 9.29. The van der Waals surface area contributed by atoms with Crippen LogP contribution in [0.5, 0.6) is 0 Å². The van der Waals surface area contributed by atoms with Crippen molar-refractivity contribution < 1.29 is 8.42 Å². The quantitative estimate of drug-likeness (QED) is 0.356. The second-order valence-electron chi connectivity index (χ2n) is 10.6. The third-order valence-corrected chi connectivity index (χ3v) is 9.49. The first-order valence-electron chi connectivity index (χ1n) is 13.1. The molecule has 0 amide bonds. The first-order chi connectivity index (χ1) is 18.3. The van der Waals surface area contributed by atoms with Crippen molar-refractivity contribution in [3.05, 3.63) is 125 Å². The van der Waals surface area contributed by atoms with E-state index in [2.05, 4.69) is 83.0 Å². The number of benzene rings is 4. The summed E-state index contributed by atoms with van der Waals surface area (Å²) in [6, 6.07) is 32.0. The van der Waals surface area contributed by atoms with Gasteiger partial charge in [0.25, 0.3) is 0 Å². The predicted molar refractivity (Wildman–Crippen MR) is 154 cm³/mol. The largest absolute Gasteiger partial charge is 0.367 e. The van der Waals surface area contributed by atoms with E-state index >= 15 is 0 Å². The summed E-state index contributed by atoms with van der Waals surface area (Å²) in [6.07, 6.45) is 0. The molecule has 4 aromatic carbocycles. The average Bonchev–Trinajstić information content (AvgIpc) is 3.18. The minimum absolute atomic E-state index is 0.283. The van der Waals surface area contributed by atoms with E-state index in [1.54, 1.807) is 12.1 Å². The highest BCUT2D eigenvalue weighted by atomic mass is 32.2. The van der Waals surface area contributed by atoms with E-state index in [1.165, 1.54) is 5.56 Å². The van der Waals surface area contributed by atoms with Crippen molar-refractivity contribution in [2.75, 3.05) is 29.4 Å². The summed E-state index contributed by atoms with van der Waals surface area (Å²) < 4.78 is 31.0. The molecule has 2 heterocycles. The molecule has 0 spiro atoms. The van der Waals surface area contributed by atoms with Crippen LogP contribution in [0.15, 0.2) is 102 Å². The number of piperazine rings is 1. The van der Waals surface area contributed by atoms with E-state index < -0.39 is 21.6 Å². The molecule has 0 aliphatic carbocycles. The van der Waals surface area contributed by atoms with E-state index in [0.29, 0.717) is 6.54 Å². The van der Waals surface area contributed by atoms with Crippen LogP contribution in [0, 0.1) is 20.8 Å². The number of sulfonamides is 1. The van der Waals surface area contributed by atoms with E-state index in [0.717, 1.165) is 46.7 Å². The standard InChI is InChI=1S/C32H33N3O2S/c1-23-9-14-27(15-10-23)34-19-20-35-30-18-13-25(3)21-29(30)31(32(35,22-34)26-7-5-4-6-8-26)33-38(36,37)28-16-11-24(2)12-17-28/h4-18,21,31,33H,19-20,22H2,1-3H3/t31-,32-/m0/s1. The molecular weight excluding hydrogens is 490 g/mol. The maximum Gasteiger partial charge on any atom is 0.241 e. The predicted octanol–water partition coefficient (Wildman–Crippen LogP) is 5.87. The lowest BCUT2D eigenvalue weighted by Crippen LogP contribution is -2.63. The molecular formula is C32H33N3O2S. The Kier molecular flexibility index (Phi) is 6.04. The lowest BCUT2D eigenvalue weighted by atomic mass is 9.80. The molecule has 0 bridgehead atoms. The van der Waals surface area contributed by atoms with Crippen molar-refractivity contribution in [3.8, 4) is 0 Å². The van der Waals surface area contributed by atoms with Crippen molar-refractivity contribution >= 4 is 21.4 Å². The van der Waals surface area contributed by atoms with Crippen LogP contribution in [0.25, 0.3) is 0 Å². The first-order valence-corrected chi connectivity index (χ1v) is 14.6. The minimum atomic E-state index is -3.80. The smallest absolute Gasteiger partial charge is 0.241 e. The third-order valence-electron chi connectivity index (χ3n) is 8.05. The molecule has 2 aliphatic rings. The Morgan fingerprint density at radius 1 is 0.763 bits per heavy atom. The number of nitrogens with one attached hydrogen (secondary N) is 1. The van der Waals surface area contributed by atoms with Crippen LogP contribution in [-0.2, 0) is 15.6 Å². The fraction of sp³-hybridized carbons (Fsp3) is 0.250. The van der Waals surface area contributed by atoms with Crippen molar-refractivity contribution in [2.24, 2.45) is 0 Å². The molecule has 1 fully saturated rings. The second-order valence-corrected chi connectivity index (χ2v) is 12.3. The van der Waals surface area contributed by atoms with Crippen LogP contribution in [0.2, 0.25) is 0 Å². The SMILES string of the molecule is Cc1ccc(N2CCN3c4ccc(C)cc4[C@H](NS(=O)(=O)c4ccc(C)cc4)[C@@]3(c3ccccc3)C2)cc1. The summed E-state index contributed by atoms with van der Waals surface area (Å²) in [7, 11) is -3.80. The molecule has 1 N–H and O–H groups in total. The van der Waals surface area contributed by atoms with Gasteiger partial charge in [0, 0.05) is 31.0 Å². The topological polar surface area (TPSA) is 52.6 Å². The van der Waals surface area contributed by atoms with Crippen LogP contribution >= 0.6 is 0 Å². The van der Waals surface area contributed by atoms with Gasteiger partial charge in [-0.05, 0) is 62.2 Å². The normalized spacial score (nSPS) is 20.8. The van der Waals surface area contributed by atoms with Crippen molar-refractivity contribution in [2.45, 2.75) is 37.2 Å². The molecule has 0 saturated carbocycles. The Morgan fingerprint density at radius 2 is 1.39 bits per heavy atom. The number of fused-ring (bicyclic) bond motifs is 3. The molecule has 6 rings (SSSR count). The maximum absolute atomic E-state index is 13.9. The van der Waals surface area contributed by atoms with Gasteiger partial charge < -0.3 is 9.80 Å². The van der Waals surface area contributed by atoms with Gasteiger partial charge in [0.15, 0.2) is 0 Å². The Labute approximate surface area is 225 Å². The zero-order chi connectivity index (χ0) is 26.5. The Bertz CT molecular complexity index is 1570. The fourth-order valence-electron chi connectivity index (χ4n) is 6.08. The van der Waals surface area contributed by atoms with Crippen molar-refractivity contribution in [1.29, 1.82) is 0 Å². The van der Waals surface area contributed by atoms with Gasteiger partial charge in [0.1, 0.15) is 5.54 Å². The van der Waals surface area contributed by atoms with Crippen LogP contribution in [0.4, 0.5) is 11.4 Å². The third kappa shape index (κ3) is 4.08. The number of anilines is 2. The number of nitrogens with zero attached hydrogens (tertiary/aromatic N) is 2. The molecule has 1 saturated heterocycles. The zero-order valence-corrected chi connectivity index (χ0v) is 22.9. The van der Waals surface area contributed by atoms with Crippen LogP contribution in [0.1, 0.15) is 33.9 Å². The number of hydrogen-bond donors (Lipinski definition) is 1. The lowest BCUT2D eigenvalue weighted by molar-refractivity contribution is 0.310. The average molecular weight is 524 g/mol. The summed E-state index contributed by atoms with van der Waals surface area (Å²) in [4.78, 5) is 5.11. The van der Waals surface area contributed by atoms with Gasteiger partial charge in [-0.1, -0.05) is 83.4 Å². The van der Waals surface area contributed by atoms with Crippen LogP contribution in [-0.4, -0.2) is 28.1 Å². The van der Waals surface area contributed by atoms with E-state index in [1.807, 2.05) is 37.3 Å². The van der Waals surface area contributed by atoms with Crippen LogP contribution in [0.3, 0.4) is 0 Å². The molecule has 38 heavy (non-hydrogen) atoms. The van der Waals surface area contributed by atoms with Crippen LogP contribution < -0.4 is 14.5 Å². The van der Waals surface area contributed by atoms with Crippen molar-refractivity contribution in [3.63, 3.8) is 0 Å². The minimum Gasteiger partial charge on any atom is -0.367 e. The van der Waals surface area contributed by atoms with E-state index in [9.17, 15) is 8.42 Å². The van der Waals surface area contributed by atoms with E-state index in [4.69, 9.17) is 0 Å². The Morgan fingerprint density at radius 3 is 2.08 bits per heavy atom. The molecule has 0 aromatic heterocycles. The highest BCUT2D eigenvalue weighted by molar-refractivity contribution is 7.89. The Balaban J connectivity index is 1.53. The van der Waals surface area contributed by atoms with Gasteiger partial charge >= 0.3 is 0 Å². The zero-order valence-electron chi connectivity index (χ0n) is 22.1. The highest BCUT2D eigenvalue weighted by Gasteiger charge is 2.56. The van der Waals surface area contributed by atoms with E-state index in [-0.39, 0.29) is 4.90 Å². The summed E-state index contributed by atoms with van der Waals surface area (Å²) in [5.41, 5.74) is 7.10. The summed E-state index contributed by atoms with van der Waals surface area (Å²) >= 11 is 0. The maximum atomic E-state index is 13.9. The molecule has 0 radical (unpaired) electrons. The molecule has 0 unspecified atom stereocenters. The van der Waals surface area contributed by atoms with Gasteiger partial charge in [-0.25, -0.2) is 13.1 Å². The molecule has 2 atom stereocenters. The molecule has 4 aromatic rings. The summed E-state index contributed by atoms with van der Waals surface area (Å²) in [5.74, 6) is 0. The van der Waals surface area contributed by atoms with Gasteiger partial charge in [-0.2, -0.15) is 0 Å². The van der Waals surface area contributed by atoms with Gasteiger partial charge in [0.05, 0.1) is 10.9 Å². The van der Waals surface area contributed by atoms with Crippen molar-refractivity contribution in [1.82, 2.24) is 4.72 Å². The highest BCUT2D eigenvalue weighted by Crippen LogP contribution is 2.54. The molecule has 194 valence electrons. The summed E-state index contributed by atoms with van der Waals surface area (Å²) in [6.45, 7) is 8.40. The first kappa shape index (κ1) is 24.7.